The van der Waals surface area contributed by atoms with E-state index in [9.17, 15) is 36.2 Å². The van der Waals surface area contributed by atoms with Crippen LogP contribution in [0.15, 0.2) is 48.5 Å². The van der Waals surface area contributed by atoms with Gasteiger partial charge in [0.15, 0.2) is 6.17 Å². The summed E-state index contributed by atoms with van der Waals surface area (Å²) in [6.07, 6.45) is -11.0. The van der Waals surface area contributed by atoms with Gasteiger partial charge in [0.2, 0.25) is 0 Å². The van der Waals surface area contributed by atoms with E-state index >= 15 is 0 Å². The minimum atomic E-state index is -4.97. The number of piperidine rings is 1. The summed E-state index contributed by atoms with van der Waals surface area (Å²) in [4.78, 5) is 13.3. The molecule has 0 aliphatic carbocycles. The minimum absolute atomic E-state index is 0. The summed E-state index contributed by atoms with van der Waals surface area (Å²) in [7, 11) is 0. The fourth-order valence-corrected chi connectivity index (χ4v) is 4.12. The molecule has 2 aromatic carbocycles. The molecule has 0 aromatic heterocycles. The van der Waals surface area contributed by atoms with Crippen molar-refractivity contribution >= 4 is 18.4 Å². The molecule has 0 amide bonds. The molecule has 2 aromatic rings. The zero-order valence-electron chi connectivity index (χ0n) is 18.1. The second-order valence-electron chi connectivity index (χ2n) is 7.91. The summed E-state index contributed by atoms with van der Waals surface area (Å²) >= 11 is 0. The molecular formula is C22H24ClF6N3O3. The number of carbonyl (C=O) groups is 1. The van der Waals surface area contributed by atoms with Crippen molar-refractivity contribution in [1.29, 1.82) is 0 Å². The van der Waals surface area contributed by atoms with Gasteiger partial charge in [0, 0.05) is 6.54 Å². The van der Waals surface area contributed by atoms with E-state index in [2.05, 4.69) is 5.43 Å². The zero-order valence-corrected chi connectivity index (χ0v) is 19.0. The Labute approximate surface area is 203 Å². The molecule has 0 spiro atoms. The summed E-state index contributed by atoms with van der Waals surface area (Å²) in [5.74, 6) is 4.20. The number of likely N-dealkylation sites (tertiary alicyclic amines) is 1. The molecule has 1 fully saturated rings. The normalized spacial score (nSPS) is 20.2. The third-order valence-corrected chi connectivity index (χ3v) is 5.59. The van der Waals surface area contributed by atoms with Crippen molar-refractivity contribution in [3.05, 3.63) is 70.8 Å². The zero-order chi connectivity index (χ0) is 25.1. The number of alkyl halides is 6. The second-order valence-corrected chi connectivity index (χ2v) is 7.91. The van der Waals surface area contributed by atoms with Gasteiger partial charge < -0.3 is 9.84 Å². The summed E-state index contributed by atoms with van der Waals surface area (Å²) in [5.41, 5.74) is -0.238. The number of hydrazine groups is 1. The van der Waals surface area contributed by atoms with Crippen molar-refractivity contribution in [3.8, 4) is 0 Å². The maximum absolute atomic E-state index is 13.2. The van der Waals surface area contributed by atoms with Crippen molar-refractivity contribution < 1.29 is 41.0 Å². The highest BCUT2D eigenvalue weighted by atomic mass is 35.5. The van der Waals surface area contributed by atoms with Gasteiger partial charge in [-0.2, -0.15) is 26.3 Å². The molecule has 3 rings (SSSR count). The van der Waals surface area contributed by atoms with Gasteiger partial charge in [0.25, 0.3) is 0 Å². The van der Waals surface area contributed by atoms with Gasteiger partial charge in [-0.05, 0) is 42.2 Å². The number of rotatable bonds is 7. The highest BCUT2D eigenvalue weighted by molar-refractivity contribution is 5.85. The lowest BCUT2D eigenvalue weighted by molar-refractivity contribution is -0.150. The average molecular weight is 528 g/mol. The van der Waals surface area contributed by atoms with Gasteiger partial charge in [-0.3, -0.25) is 10.7 Å². The van der Waals surface area contributed by atoms with Gasteiger partial charge >= 0.3 is 18.3 Å². The number of hydrogen-bond donors (Lipinski definition) is 3. The quantitative estimate of drug-likeness (QED) is 0.274. The van der Waals surface area contributed by atoms with Crippen molar-refractivity contribution in [2.24, 2.45) is 5.84 Å². The molecule has 1 aliphatic rings. The van der Waals surface area contributed by atoms with Crippen LogP contribution in [-0.4, -0.2) is 34.8 Å². The number of nitrogens with two attached hydrogens (primary N) is 1. The molecule has 0 radical (unpaired) electrons. The number of nitrogens with one attached hydrogen (secondary N) is 1. The Morgan fingerprint density at radius 3 is 2.14 bits per heavy atom. The van der Waals surface area contributed by atoms with E-state index in [4.69, 9.17) is 10.6 Å². The fraction of sp³-hybridized carbons (Fsp3) is 0.409. The molecule has 1 heterocycles. The van der Waals surface area contributed by atoms with Gasteiger partial charge in [0.05, 0.1) is 29.9 Å². The van der Waals surface area contributed by atoms with Crippen LogP contribution in [0.5, 0.6) is 0 Å². The van der Waals surface area contributed by atoms with E-state index in [1.165, 1.54) is 0 Å². The summed E-state index contributed by atoms with van der Waals surface area (Å²) in [6, 6.07) is 9.33. The van der Waals surface area contributed by atoms with Crippen molar-refractivity contribution in [3.63, 3.8) is 0 Å². The lowest BCUT2D eigenvalue weighted by Crippen LogP contribution is -2.58. The van der Waals surface area contributed by atoms with E-state index in [-0.39, 0.29) is 24.0 Å². The number of benzene rings is 2. The lowest BCUT2D eigenvalue weighted by atomic mass is 9.91. The van der Waals surface area contributed by atoms with Gasteiger partial charge in [0.1, 0.15) is 0 Å². The van der Waals surface area contributed by atoms with Gasteiger partial charge in [-0.1, -0.05) is 30.3 Å². The molecule has 1 aliphatic heterocycles. The second kappa shape index (κ2) is 11.6. The summed E-state index contributed by atoms with van der Waals surface area (Å²) in [5, 5.41) is 9.56. The van der Waals surface area contributed by atoms with Crippen molar-refractivity contribution in [1.82, 2.24) is 10.3 Å². The first kappa shape index (κ1) is 28.9. The van der Waals surface area contributed by atoms with E-state index in [1.807, 2.05) is 0 Å². The van der Waals surface area contributed by atoms with E-state index in [1.54, 1.807) is 35.2 Å². The highest BCUT2D eigenvalue weighted by Crippen LogP contribution is 2.38. The molecule has 35 heavy (non-hydrogen) atoms. The number of hydrogen-bond acceptors (Lipinski definition) is 5. The monoisotopic (exact) mass is 527 g/mol. The maximum Gasteiger partial charge on any atom is 0.416 e. The van der Waals surface area contributed by atoms with Crippen LogP contribution in [0.4, 0.5) is 26.3 Å². The molecule has 3 unspecified atom stereocenters. The Morgan fingerprint density at radius 2 is 1.66 bits per heavy atom. The number of nitrogens with zero attached hydrogens (tertiary/aromatic N) is 1. The molecule has 194 valence electrons. The lowest BCUT2D eigenvalue weighted by Gasteiger charge is -2.43. The first-order chi connectivity index (χ1) is 15.9. The van der Waals surface area contributed by atoms with Gasteiger partial charge in [-0.15, -0.1) is 12.4 Å². The predicted molar refractivity (Wildman–Crippen MR) is 116 cm³/mol. The average Bonchev–Trinajstić information content (AvgIpc) is 2.77. The van der Waals surface area contributed by atoms with E-state index < -0.39 is 54.4 Å². The summed E-state index contributed by atoms with van der Waals surface area (Å²) in [6.45, 7) is -0.189. The van der Waals surface area contributed by atoms with Crippen LogP contribution in [0.25, 0.3) is 0 Å². The molecule has 1 saturated heterocycles. The standard InChI is InChI=1S/C22H23F6N3O3.ClH/c23-21(24,25)15-9-13(10-16(11-15)22(26,27)28)12-34-17-7-4-8-31(19(30-29)20(32)33)18(17)14-5-2-1-3-6-14;/h1-3,5-6,9-11,17-19,30H,4,7-8,12,29H2,(H,32,33);1H. The number of ether oxygens (including phenoxy) is 1. The Hall–Kier alpha value is -2.38. The Bertz CT molecular complexity index is 958. The molecule has 3 atom stereocenters. The number of carboxylic acids is 1. The maximum atomic E-state index is 13.2. The van der Waals surface area contributed by atoms with Crippen LogP contribution in [0.3, 0.4) is 0 Å². The molecule has 4 N–H and O–H groups in total. The van der Waals surface area contributed by atoms with Crippen molar-refractivity contribution in [2.45, 2.75) is 50.1 Å². The third-order valence-electron chi connectivity index (χ3n) is 5.59. The van der Waals surface area contributed by atoms with Gasteiger partial charge in [-0.25, -0.2) is 10.2 Å². The van der Waals surface area contributed by atoms with Crippen LogP contribution in [0.1, 0.15) is 41.1 Å². The number of halogens is 7. The first-order valence-corrected chi connectivity index (χ1v) is 10.3. The third kappa shape index (κ3) is 7.07. The Balaban J connectivity index is 0.00000432. The molecular weight excluding hydrogens is 504 g/mol. The number of carboxylic acid groups (broad SMARTS) is 1. The molecule has 13 heteroatoms. The first-order valence-electron chi connectivity index (χ1n) is 10.3. The van der Waals surface area contributed by atoms with Crippen LogP contribution in [0, 0.1) is 0 Å². The highest BCUT2D eigenvalue weighted by Gasteiger charge is 2.40. The Kier molecular flexibility index (Phi) is 9.54. The smallest absolute Gasteiger partial charge is 0.416 e. The summed E-state index contributed by atoms with van der Waals surface area (Å²) < 4.78 is 84.9. The van der Waals surface area contributed by atoms with E-state index in [0.29, 0.717) is 37.1 Å². The minimum Gasteiger partial charge on any atom is -0.479 e. The fourth-order valence-electron chi connectivity index (χ4n) is 4.12. The molecule has 6 nitrogen and oxygen atoms in total. The van der Waals surface area contributed by atoms with Crippen LogP contribution < -0.4 is 11.3 Å². The van der Waals surface area contributed by atoms with E-state index in [0.717, 1.165) is 0 Å². The molecule has 0 saturated carbocycles. The van der Waals surface area contributed by atoms with Crippen LogP contribution >= 0.6 is 12.4 Å². The molecule has 0 bridgehead atoms. The van der Waals surface area contributed by atoms with Crippen molar-refractivity contribution in [2.75, 3.05) is 6.54 Å². The predicted octanol–water partition coefficient (Wildman–Crippen LogP) is 4.74. The Morgan fingerprint density at radius 1 is 1.09 bits per heavy atom. The largest absolute Gasteiger partial charge is 0.479 e. The van der Waals surface area contributed by atoms with Crippen LogP contribution in [0.2, 0.25) is 0 Å². The SMILES string of the molecule is Cl.NNC(C(=O)O)N1CCCC(OCc2cc(C(F)(F)F)cc(C(F)(F)F)c2)C1c1ccccc1. The van der Waals surface area contributed by atoms with Crippen LogP contribution in [-0.2, 0) is 28.5 Å². The number of aliphatic carboxylic acids is 1. The topological polar surface area (TPSA) is 87.8 Å².